The van der Waals surface area contributed by atoms with Crippen LogP contribution in [0.1, 0.15) is 28.4 Å². The van der Waals surface area contributed by atoms with Gasteiger partial charge in [0.05, 0.1) is 13.3 Å². The molecule has 84 valence electrons. The number of nitrogens with two attached hydrogens (primary N) is 1. The van der Waals surface area contributed by atoms with E-state index in [4.69, 9.17) is 10.5 Å². The lowest BCUT2D eigenvalue weighted by Gasteiger charge is -2.20. The largest absolute Gasteiger partial charge is 0.496 e. The summed E-state index contributed by atoms with van der Waals surface area (Å²) in [5.41, 5.74) is 10.6. The van der Waals surface area contributed by atoms with Gasteiger partial charge in [-0.25, -0.2) is 0 Å². The molecule has 1 rings (SSSR count). The van der Waals surface area contributed by atoms with Crippen LogP contribution in [0.5, 0.6) is 5.75 Å². The molecule has 0 aliphatic heterocycles. The number of hydrogen-bond acceptors (Lipinski definition) is 3. The third-order valence-corrected chi connectivity index (χ3v) is 2.86. The number of hydrogen-bond donors (Lipinski definition) is 2. The Morgan fingerprint density at radius 1 is 1.27 bits per heavy atom. The van der Waals surface area contributed by atoms with Crippen molar-refractivity contribution in [3.05, 3.63) is 28.3 Å². The molecule has 0 heterocycles. The van der Waals surface area contributed by atoms with E-state index < -0.39 is 0 Å². The lowest BCUT2D eigenvalue weighted by molar-refractivity contribution is 0.398. The Bertz CT molecular complexity index is 361. The lowest BCUT2D eigenvalue weighted by atomic mass is 9.97. The number of methoxy groups -OCH3 is 1. The molecule has 0 spiro atoms. The van der Waals surface area contributed by atoms with Crippen molar-refractivity contribution in [2.24, 2.45) is 5.73 Å². The number of nitrogens with one attached hydrogen (secondary N) is 1. The molecule has 15 heavy (non-hydrogen) atoms. The van der Waals surface area contributed by atoms with Gasteiger partial charge in [0.2, 0.25) is 0 Å². The molecule has 0 saturated heterocycles. The average Bonchev–Trinajstić information content (AvgIpc) is 2.21. The van der Waals surface area contributed by atoms with Gasteiger partial charge in [-0.1, -0.05) is 6.07 Å². The Labute approximate surface area is 91.6 Å². The van der Waals surface area contributed by atoms with Crippen molar-refractivity contribution in [3.63, 3.8) is 0 Å². The Hall–Kier alpha value is -1.06. The Morgan fingerprint density at radius 3 is 2.33 bits per heavy atom. The summed E-state index contributed by atoms with van der Waals surface area (Å²) in [4.78, 5) is 0. The van der Waals surface area contributed by atoms with Crippen molar-refractivity contribution in [2.75, 3.05) is 14.2 Å². The molecule has 0 radical (unpaired) electrons. The molecule has 1 aromatic carbocycles. The fraction of sp³-hybridized carbons (Fsp3) is 0.500. The van der Waals surface area contributed by atoms with Crippen LogP contribution in [0.25, 0.3) is 0 Å². The maximum absolute atomic E-state index is 6.00. The first-order valence-electron chi connectivity index (χ1n) is 5.10. The quantitative estimate of drug-likeness (QED) is 0.745. The minimum Gasteiger partial charge on any atom is -0.496 e. The van der Waals surface area contributed by atoms with Gasteiger partial charge in [0.1, 0.15) is 5.75 Å². The second kappa shape index (κ2) is 4.64. The predicted octanol–water partition coefficient (Wildman–Crippen LogP) is 1.80. The molecule has 1 aromatic rings. The molecule has 0 aliphatic rings. The topological polar surface area (TPSA) is 47.3 Å². The molecule has 0 amide bonds. The predicted molar refractivity (Wildman–Crippen MR) is 63.2 cm³/mol. The van der Waals surface area contributed by atoms with E-state index in [1.54, 1.807) is 7.11 Å². The molecule has 0 saturated carbocycles. The van der Waals surface area contributed by atoms with E-state index in [1.807, 2.05) is 7.05 Å². The number of rotatable bonds is 3. The van der Waals surface area contributed by atoms with E-state index in [0.717, 1.165) is 22.4 Å². The zero-order valence-corrected chi connectivity index (χ0v) is 10.1. The summed E-state index contributed by atoms with van der Waals surface area (Å²) in [6.45, 7) is 6.19. The molecule has 0 bridgehead atoms. The molecule has 1 unspecified atom stereocenters. The third-order valence-electron chi connectivity index (χ3n) is 2.86. The number of benzene rings is 1. The van der Waals surface area contributed by atoms with Gasteiger partial charge >= 0.3 is 0 Å². The highest BCUT2D eigenvalue weighted by atomic mass is 16.5. The second-order valence-corrected chi connectivity index (χ2v) is 3.85. The van der Waals surface area contributed by atoms with E-state index in [1.165, 1.54) is 5.56 Å². The van der Waals surface area contributed by atoms with Crippen LogP contribution >= 0.6 is 0 Å². The summed E-state index contributed by atoms with van der Waals surface area (Å²) in [5.74, 6) is 0.898. The van der Waals surface area contributed by atoms with Gasteiger partial charge in [-0.2, -0.15) is 0 Å². The molecule has 3 heteroatoms. The van der Waals surface area contributed by atoms with E-state index in [-0.39, 0.29) is 6.17 Å². The van der Waals surface area contributed by atoms with E-state index in [0.29, 0.717) is 0 Å². The van der Waals surface area contributed by atoms with Crippen LogP contribution in [0, 0.1) is 20.8 Å². The van der Waals surface area contributed by atoms with Gasteiger partial charge in [-0.15, -0.1) is 0 Å². The first-order valence-corrected chi connectivity index (χ1v) is 5.10. The fourth-order valence-corrected chi connectivity index (χ4v) is 1.86. The molecule has 0 fully saturated rings. The van der Waals surface area contributed by atoms with Crippen LogP contribution in [-0.2, 0) is 0 Å². The molecular weight excluding hydrogens is 188 g/mol. The zero-order chi connectivity index (χ0) is 11.6. The van der Waals surface area contributed by atoms with Crippen molar-refractivity contribution in [1.29, 1.82) is 0 Å². The second-order valence-electron chi connectivity index (χ2n) is 3.85. The Kier molecular flexibility index (Phi) is 3.72. The standard InChI is InChI=1S/C12H20N2O/c1-7-6-8(2)10(12(13)14-4)11(15-5)9(7)3/h6,12,14H,13H2,1-5H3. The molecule has 1 atom stereocenters. The van der Waals surface area contributed by atoms with Crippen LogP contribution in [0.2, 0.25) is 0 Å². The van der Waals surface area contributed by atoms with Gasteiger partial charge in [0.15, 0.2) is 0 Å². The normalized spacial score (nSPS) is 12.7. The highest BCUT2D eigenvalue weighted by molar-refractivity contribution is 5.50. The smallest absolute Gasteiger partial charge is 0.128 e. The highest BCUT2D eigenvalue weighted by Gasteiger charge is 2.16. The van der Waals surface area contributed by atoms with Gasteiger partial charge in [0, 0.05) is 5.56 Å². The van der Waals surface area contributed by atoms with Crippen LogP contribution in [0.4, 0.5) is 0 Å². The fourth-order valence-electron chi connectivity index (χ4n) is 1.86. The molecular formula is C12H20N2O. The summed E-state index contributed by atoms with van der Waals surface area (Å²) in [6, 6.07) is 2.14. The first kappa shape index (κ1) is 12.0. The minimum absolute atomic E-state index is 0.181. The summed E-state index contributed by atoms with van der Waals surface area (Å²) >= 11 is 0. The van der Waals surface area contributed by atoms with Crippen LogP contribution in [0.15, 0.2) is 6.07 Å². The Balaban J connectivity index is 3.41. The van der Waals surface area contributed by atoms with E-state index in [2.05, 4.69) is 32.2 Å². The molecule has 3 nitrogen and oxygen atoms in total. The van der Waals surface area contributed by atoms with Crippen molar-refractivity contribution >= 4 is 0 Å². The summed E-state index contributed by atoms with van der Waals surface area (Å²) < 4.78 is 5.44. The van der Waals surface area contributed by atoms with Crippen LogP contribution < -0.4 is 15.8 Å². The van der Waals surface area contributed by atoms with E-state index in [9.17, 15) is 0 Å². The third kappa shape index (κ3) is 2.13. The summed E-state index contributed by atoms with van der Waals surface area (Å²) in [6.07, 6.45) is -0.181. The maximum atomic E-state index is 6.00. The monoisotopic (exact) mass is 208 g/mol. The highest BCUT2D eigenvalue weighted by Crippen LogP contribution is 2.32. The number of aryl methyl sites for hydroxylation is 2. The number of ether oxygens (including phenoxy) is 1. The van der Waals surface area contributed by atoms with Gasteiger partial charge in [-0.05, 0) is 44.5 Å². The SMILES string of the molecule is CNC(N)c1c(C)cc(C)c(C)c1OC. The maximum Gasteiger partial charge on any atom is 0.128 e. The van der Waals surface area contributed by atoms with Gasteiger partial charge in [-0.3, -0.25) is 0 Å². The molecule has 0 aromatic heterocycles. The minimum atomic E-state index is -0.181. The van der Waals surface area contributed by atoms with Crippen LogP contribution in [0.3, 0.4) is 0 Å². The summed E-state index contributed by atoms with van der Waals surface area (Å²) in [5, 5.41) is 3.04. The van der Waals surface area contributed by atoms with Gasteiger partial charge < -0.3 is 15.8 Å². The van der Waals surface area contributed by atoms with Crippen molar-refractivity contribution in [2.45, 2.75) is 26.9 Å². The average molecular weight is 208 g/mol. The van der Waals surface area contributed by atoms with Crippen molar-refractivity contribution < 1.29 is 4.74 Å². The van der Waals surface area contributed by atoms with Crippen molar-refractivity contribution in [3.8, 4) is 5.75 Å². The summed E-state index contributed by atoms with van der Waals surface area (Å²) in [7, 11) is 3.53. The molecule has 0 aliphatic carbocycles. The molecule has 3 N–H and O–H groups in total. The van der Waals surface area contributed by atoms with E-state index >= 15 is 0 Å². The van der Waals surface area contributed by atoms with Crippen molar-refractivity contribution in [1.82, 2.24) is 5.32 Å². The zero-order valence-electron chi connectivity index (χ0n) is 10.1. The Morgan fingerprint density at radius 2 is 1.87 bits per heavy atom. The lowest BCUT2D eigenvalue weighted by Crippen LogP contribution is -2.26. The van der Waals surface area contributed by atoms with Crippen LogP contribution in [-0.4, -0.2) is 14.2 Å². The van der Waals surface area contributed by atoms with Gasteiger partial charge in [0.25, 0.3) is 0 Å². The first-order chi connectivity index (χ1) is 7.02.